The Morgan fingerprint density at radius 2 is 0.967 bits per heavy atom. The number of aliphatic carboxylic acids is 3. The summed E-state index contributed by atoms with van der Waals surface area (Å²) < 4.78 is 5.44. The summed E-state index contributed by atoms with van der Waals surface area (Å²) in [7, 11) is 0. The molecule has 1 aliphatic heterocycles. The second kappa shape index (κ2) is 41.9. The number of rotatable bonds is 45. The topological polar surface area (TPSA) is 632 Å². The first-order valence-electron chi connectivity index (χ1n) is 29.8. The smallest absolute Gasteiger partial charge is 0.326 e. The van der Waals surface area contributed by atoms with Crippen LogP contribution in [0.1, 0.15) is 118 Å². The van der Waals surface area contributed by atoms with Crippen LogP contribution in [0, 0.1) is 11.8 Å². The molecule has 1 saturated heterocycles. The summed E-state index contributed by atoms with van der Waals surface area (Å²) in [6.45, 7) is 4.63. The van der Waals surface area contributed by atoms with Gasteiger partial charge in [0.15, 0.2) is 0 Å². The van der Waals surface area contributed by atoms with Gasteiger partial charge in [-0.15, -0.1) is 0 Å². The molecule has 0 aromatic rings. The molecule has 0 saturated carbocycles. The molecule has 0 unspecified atom stereocenters. The van der Waals surface area contributed by atoms with Gasteiger partial charge in [-0.3, -0.25) is 62.9 Å². The molecule has 91 heavy (non-hydrogen) atoms. The Morgan fingerprint density at radius 1 is 0.505 bits per heavy atom. The van der Waals surface area contributed by atoms with Gasteiger partial charge in [0.2, 0.25) is 59.1 Å². The number of carbonyl (C=O) groups excluding carboxylic acids is 10. The van der Waals surface area contributed by atoms with Crippen molar-refractivity contribution in [3.8, 4) is 0 Å². The van der Waals surface area contributed by atoms with Crippen LogP contribution in [0.3, 0.4) is 0 Å². The Bertz CT molecular complexity index is 2430. The Morgan fingerprint density at radius 3 is 1.44 bits per heavy atom. The molecular weight excluding hydrogens is 1210 g/mol. The van der Waals surface area contributed by atoms with Crippen LogP contribution in [-0.4, -0.2) is 258 Å². The van der Waals surface area contributed by atoms with Crippen molar-refractivity contribution < 1.29 is 118 Å². The number of unbranched alkanes of at least 4 members (excludes halogenated alkanes) is 2. The van der Waals surface area contributed by atoms with Gasteiger partial charge in [0.05, 0.1) is 38.4 Å². The summed E-state index contributed by atoms with van der Waals surface area (Å²) in [5.74, 6) is -16.7. The number of hydrogen-bond donors (Lipinski definition) is 23. The van der Waals surface area contributed by atoms with Gasteiger partial charge in [-0.05, 0) is 89.6 Å². The van der Waals surface area contributed by atoms with E-state index >= 15 is 0 Å². The fraction of sp³-hybridized carbons (Fsp3) is 0.759. The monoisotopic (exact) mass is 1310 g/mol. The van der Waals surface area contributed by atoms with Crippen LogP contribution >= 0.6 is 0 Å². The molecule has 0 radical (unpaired) electrons. The highest BCUT2D eigenvalue weighted by atomic mass is 16.6. The number of carbonyl (C=O) groups is 13. The van der Waals surface area contributed by atoms with Crippen molar-refractivity contribution in [3.63, 3.8) is 0 Å². The van der Waals surface area contributed by atoms with Gasteiger partial charge in [0, 0.05) is 12.8 Å². The second-order valence-corrected chi connectivity index (χ2v) is 22.5. The van der Waals surface area contributed by atoms with Crippen LogP contribution in [0.4, 0.5) is 0 Å². The van der Waals surface area contributed by atoms with Crippen molar-refractivity contribution in [1.29, 1.82) is 0 Å². The summed E-state index contributed by atoms with van der Waals surface area (Å²) in [4.78, 5) is 169. The normalized spacial score (nSPS) is 20.3. The number of ether oxygens (including phenoxy) is 1. The van der Waals surface area contributed by atoms with Crippen LogP contribution in [0.25, 0.3) is 0 Å². The molecule has 0 aromatic carbocycles. The van der Waals surface area contributed by atoms with E-state index in [9.17, 15) is 113 Å². The molecule has 0 aromatic heterocycles. The Balaban J connectivity index is 3.40. The highest BCUT2D eigenvalue weighted by Crippen LogP contribution is 2.20. The molecule has 37 heteroatoms. The lowest BCUT2D eigenvalue weighted by atomic mass is 9.97. The van der Waals surface area contributed by atoms with E-state index in [1.165, 1.54) is 6.92 Å². The summed E-state index contributed by atoms with van der Waals surface area (Å²) in [6, 6.07) is -16.9. The predicted octanol–water partition coefficient (Wildman–Crippen LogP) is -9.49. The van der Waals surface area contributed by atoms with E-state index in [2.05, 4.69) is 53.2 Å². The molecule has 1 heterocycles. The molecule has 0 aliphatic carbocycles. The maximum Gasteiger partial charge on any atom is 0.326 e. The largest absolute Gasteiger partial charge is 0.481 e. The third-order valence-corrected chi connectivity index (χ3v) is 14.5. The van der Waals surface area contributed by atoms with Gasteiger partial charge in [0.25, 0.3) is 0 Å². The van der Waals surface area contributed by atoms with E-state index in [4.69, 9.17) is 21.9 Å². The van der Waals surface area contributed by atoms with E-state index < -0.39 is 219 Å². The molecular formula is C54H95N13O24. The highest BCUT2D eigenvalue weighted by Gasteiger charge is 2.44. The average Bonchev–Trinajstić information content (AvgIpc) is 2.08. The maximum absolute atomic E-state index is 14.2. The first kappa shape index (κ1) is 81.7. The summed E-state index contributed by atoms with van der Waals surface area (Å²) in [6.07, 6.45) is -11.6. The summed E-state index contributed by atoms with van der Waals surface area (Å²) in [5.41, 5.74) is 16.5. The van der Waals surface area contributed by atoms with Crippen LogP contribution in [0.2, 0.25) is 0 Å². The van der Waals surface area contributed by atoms with E-state index in [1.807, 2.05) is 0 Å². The Hall–Kier alpha value is -7.33. The second-order valence-electron chi connectivity index (χ2n) is 22.5. The third kappa shape index (κ3) is 29.2. The molecule has 26 N–H and O–H groups in total. The van der Waals surface area contributed by atoms with Gasteiger partial charge in [0.1, 0.15) is 85.0 Å². The molecule has 0 spiro atoms. The zero-order valence-corrected chi connectivity index (χ0v) is 51.5. The number of hydrogen-bond acceptors (Lipinski definition) is 24. The number of amides is 10. The molecule has 17 atom stereocenters. The number of carboxylic acid groups (broad SMARTS) is 3. The minimum absolute atomic E-state index is 0.0255. The lowest BCUT2D eigenvalue weighted by Crippen LogP contribution is -2.63. The zero-order chi connectivity index (χ0) is 69.4. The molecule has 37 nitrogen and oxygen atoms in total. The van der Waals surface area contributed by atoms with Crippen molar-refractivity contribution >= 4 is 77.0 Å². The fourth-order valence-corrected chi connectivity index (χ4v) is 8.95. The maximum atomic E-state index is 14.2. The molecule has 10 amide bonds. The molecule has 1 aliphatic rings. The molecule has 520 valence electrons. The molecule has 1 rings (SSSR count). The number of primary amides is 1. The van der Waals surface area contributed by atoms with Gasteiger partial charge < -0.3 is 121 Å². The van der Waals surface area contributed by atoms with E-state index in [-0.39, 0.29) is 76.8 Å². The van der Waals surface area contributed by atoms with E-state index in [0.29, 0.717) is 6.42 Å². The Kier molecular flexibility index (Phi) is 37.6. The highest BCUT2D eigenvalue weighted by molar-refractivity contribution is 5.99. The van der Waals surface area contributed by atoms with Crippen LogP contribution in [0.5, 0.6) is 0 Å². The molecule has 1 fully saturated rings. The number of aliphatic hydroxyl groups excluding tert-OH is 7. The van der Waals surface area contributed by atoms with Crippen molar-refractivity contribution in [1.82, 2.24) is 53.2 Å². The predicted molar refractivity (Wildman–Crippen MR) is 314 cm³/mol. The van der Waals surface area contributed by atoms with Crippen LogP contribution in [0.15, 0.2) is 0 Å². The van der Waals surface area contributed by atoms with Crippen molar-refractivity contribution in [3.05, 3.63) is 0 Å². The van der Waals surface area contributed by atoms with Gasteiger partial charge in [-0.1, -0.05) is 34.1 Å². The van der Waals surface area contributed by atoms with Gasteiger partial charge in [-0.2, -0.15) is 0 Å². The average molecular weight is 1310 g/mol. The molecule has 0 bridgehead atoms. The van der Waals surface area contributed by atoms with E-state index in [1.54, 1.807) is 20.8 Å². The number of nitrogens with two attached hydrogens (primary N) is 3. The van der Waals surface area contributed by atoms with Crippen molar-refractivity contribution in [2.24, 2.45) is 29.0 Å². The fourth-order valence-electron chi connectivity index (χ4n) is 8.95. The minimum atomic E-state index is -1.93. The summed E-state index contributed by atoms with van der Waals surface area (Å²) in [5, 5.41) is 123. The van der Waals surface area contributed by atoms with Gasteiger partial charge >= 0.3 is 17.9 Å². The summed E-state index contributed by atoms with van der Waals surface area (Å²) >= 11 is 0. The van der Waals surface area contributed by atoms with Gasteiger partial charge in [-0.25, -0.2) is 4.79 Å². The number of carboxylic acids is 3. The minimum Gasteiger partial charge on any atom is -0.481 e. The van der Waals surface area contributed by atoms with Crippen molar-refractivity contribution in [2.75, 3.05) is 32.9 Å². The third-order valence-electron chi connectivity index (χ3n) is 14.5. The SMILES string of the molecule is CC[C@H](C)[C@H](NC(=O)[C@@H](NC(=O)[C@H](CC(=O)O)NC(=O)[C@@H](N)CCC(N)=O)[C@@H](C)O)C(=O)N[C@@H](CO)C(=O)N[C@@H](CO)C(=O)N[C@@H](CCCCN)C(=O)N[C@@H](CC(C)C)C(=O)N[C@@H](CCCCN[C@@H]1O[C@H](CO)[C@@H](O)[C@H](O)[C@H]1O)C(=O)N[C@@H](CCC(=O)O)C(=O)O. The first-order chi connectivity index (χ1) is 42.7. The lowest BCUT2D eigenvalue weighted by molar-refractivity contribution is -0.236. The number of aliphatic hydroxyl groups is 7. The van der Waals surface area contributed by atoms with Crippen LogP contribution in [-0.2, 0) is 67.1 Å². The lowest BCUT2D eigenvalue weighted by Gasteiger charge is -2.40. The first-order valence-corrected chi connectivity index (χ1v) is 29.8. The Labute approximate surface area is 524 Å². The number of nitrogens with one attached hydrogen (secondary N) is 10. The zero-order valence-electron chi connectivity index (χ0n) is 51.5. The van der Waals surface area contributed by atoms with E-state index in [0.717, 1.165) is 6.92 Å². The quantitative estimate of drug-likeness (QED) is 0.0252. The standard InChI is InChI=1S/C54H95N13O24/c1-6-25(4)39(66-52(88)40(26(5)71)67-48(84)32(20-38(75)76)62-44(80)27(56)13-15-36(57)72)51(87)65-34(22-69)50(86)64-33(21-68)49(85)60-28(11-7-9-17-55)46(82)63-31(19-24(2)3)47(83)59-29(45(81)61-30(54(89)90)14-16-37(73)74)12-8-10-18-58-53-43(79)42(78)41(77)35(23-70)91-53/h24-35,39-43,53,58,68-71,77-79H,6-23,55-56H2,1-5H3,(H2,57,72)(H,59,83)(H,60,85)(H,61,81)(H,62,80)(H,63,82)(H,64,86)(H,65,87)(H,66,88)(H,67,84)(H,73,74)(H,75,76)(H,89,90)/t25-,26+,27-,28-,29-,30-,31-,32-,33-,34-,35+,39-,40-,41+,42-,43+,53+/m0/s1. The van der Waals surface area contributed by atoms with Crippen LogP contribution < -0.4 is 70.4 Å². The van der Waals surface area contributed by atoms with Crippen molar-refractivity contribution in [2.45, 2.75) is 215 Å².